The van der Waals surface area contributed by atoms with E-state index in [9.17, 15) is 0 Å². The van der Waals surface area contributed by atoms with Crippen LogP contribution in [0.2, 0.25) is 0 Å². The molecule has 16 heavy (non-hydrogen) atoms. The SMILES string of the molecule is CNCCc1cc(C2CCCCO2)n(C)n1. The summed E-state index contributed by atoms with van der Waals surface area (Å²) < 4.78 is 7.76. The minimum absolute atomic E-state index is 0.259. The topological polar surface area (TPSA) is 39.1 Å². The molecule has 4 nitrogen and oxygen atoms in total. The molecule has 1 fully saturated rings. The van der Waals surface area contributed by atoms with Crippen molar-refractivity contribution < 1.29 is 4.74 Å². The lowest BCUT2D eigenvalue weighted by Gasteiger charge is -2.22. The van der Waals surface area contributed by atoms with Crippen LogP contribution in [0.25, 0.3) is 0 Å². The molecule has 4 heteroatoms. The highest BCUT2D eigenvalue weighted by molar-refractivity contribution is 5.13. The summed E-state index contributed by atoms with van der Waals surface area (Å²) >= 11 is 0. The molecule has 1 aromatic rings. The third-order valence-corrected chi connectivity index (χ3v) is 3.11. The quantitative estimate of drug-likeness (QED) is 0.839. The van der Waals surface area contributed by atoms with Crippen molar-refractivity contribution in [1.29, 1.82) is 0 Å². The second-order valence-electron chi connectivity index (χ2n) is 4.39. The van der Waals surface area contributed by atoms with Gasteiger partial charge in [0.05, 0.1) is 17.5 Å². The van der Waals surface area contributed by atoms with Gasteiger partial charge in [0.2, 0.25) is 0 Å². The number of likely N-dealkylation sites (N-methyl/N-ethyl adjacent to an activating group) is 1. The molecule has 2 heterocycles. The maximum absolute atomic E-state index is 5.79. The van der Waals surface area contributed by atoms with Crippen LogP contribution in [-0.2, 0) is 18.2 Å². The van der Waals surface area contributed by atoms with Gasteiger partial charge in [0.25, 0.3) is 0 Å². The first-order valence-corrected chi connectivity index (χ1v) is 6.10. The van der Waals surface area contributed by atoms with E-state index in [1.807, 2.05) is 18.8 Å². The first-order valence-electron chi connectivity index (χ1n) is 6.10. The van der Waals surface area contributed by atoms with Crippen LogP contribution < -0.4 is 5.32 Å². The number of hydrogen-bond donors (Lipinski definition) is 1. The van der Waals surface area contributed by atoms with Crippen LogP contribution in [0.3, 0.4) is 0 Å². The molecule has 0 radical (unpaired) electrons. The van der Waals surface area contributed by atoms with Crippen LogP contribution >= 0.6 is 0 Å². The van der Waals surface area contributed by atoms with E-state index in [0.717, 1.165) is 31.7 Å². The summed E-state index contributed by atoms with van der Waals surface area (Å²) in [6.45, 7) is 1.86. The van der Waals surface area contributed by atoms with E-state index < -0.39 is 0 Å². The highest BCUT2D eigenvalue weighted by Gasteiger charge is 2.20. The Bertz CT molecular complexity index is 329. The minimum Gasteiger partial charge on any atom is -0.372 e. The fourth-order valence-electron chi connectivity index (χ4n) is 2.19. The standard InChI is InChI=1S/C12H21N3O/c1-13-7-6-10-9-11(15(2)14-10)12-5-3-4-8-16-12/h9,12-13H,3-8H2,1-2H3. The summed E-state index contributed by atoms with van der Waals surface area (Å²) in [6.07, 6.45) is 4.83. The van der Waals surface area contributed by atoms with Crippen molar-refractivity contribution >= 4 is 0 Å². The lowest BCUT2D eigenvalue weighted by molar-refractivity contribution is 0.0101. The number of ether oxygens (including phenoxy) is 1. The van der Waals surface area contributed by atoms with Crippen molar-refractivity contribution in [2.45, 2.75) is 31.8 Å². The van der Waals surface area contributed by atoms with Crippen LogP contribution in [-0.4, -0.2) is 30.0 Å². The Morgan fingerprint density at radius 2 is 2.44 bits per heavy atom. The monoisotopic (exact) mass is 223 g/mol. The summed E-state index contributed by atoms with van der Waals surface area (Å²) in [5, 5.41) is 7.66. The van der Waals surface area contributed by atoms with Crippen molar-refractivity contribution in [1.82, 2.24) is 15.1 Å². The molecule has 1 saturated heterocycles. The Morgan fingerprint density at radius 1 is 1.56 bits per heavy atom. The molecule has 1 atom stereocenters. The predicted molar refractivity (Wildman–Crippen MR) is 63.4 cm³/mol. The van der Waals surface area contributed by atoms with E-state index in [1.54, 1.807) is 0 Å². The van der Waals surface area contributed by atoms with Crippen LogP contribution in [0, 0.1) is 0 Å². The third-order valence-electron chi connectivity index (χ3n) is 3.11. The molecule has 90 valence electrons. The lowest BCUT2D eigenvalue weighted by Crippen LogP contribution is -2.14. The van der Waals surface area contributed by atoms with Crippen LogP contribution in [0.1, 0.15) is 36.8 Å². The molecule has 0 saturated carbocycles. The first kappa shape index (κ1) is 11.6. The fraction of sp³-hybridized carbons (Fsp3) is 0.750. The second kappa shape index (κ2) is 5.46. The van der Waals surface area contributed by atoms with Gasteiger partial charge in [0, 0.05) is 26.6 Å². The normalized spacial score (nSPS) is 21.2. The summed E-state index contributed by atoms with van der Waals surface area (Å²) in [5.41, 5.74) is 2.38. The molecule has 0 spiro atoms. The molecule has 1 aliphatic heterocycles. The van der Waals surface area contributed by atoms with E-state index in [0.29, 0.717) is 0 Å². The maximum Gasteiger partial charge on any atom is 0.0991 e. The molecule has 1 aromatic heterocycles. The third kappa shape index (κ3) is 2.62. The van der Waals surface area contributed by atoms with Gasteiger partial charge in [-0.15, -0.1) is 0 Å². The Kier molecular flexibility index (Phi) is 3.96. The molecule has 0 aliphatic carbocycles. The summed E-state index contributed by atoms with van der Waals surface area (Å²) in [4.78, 5) is 0. The average molecular weight is 223 g/mol. The Labute approximate surface area is 97.0 Å². The molecule has 2 rings (SSSR count). The predicted octanol–water partition coefficient (Wildman–Crippen LogP) is 1.42. The molecule has 0 amide bonds. The number of nitrogens with one attached hydrogen (secondary N) is 1. The van der Waals surface area contributed by atoms with E-state index in [1.165, 1.54) is 18.5 Å². The molecule has 1 N–H and O–H groups in total. The summed E-state index contributed by atoms with van der Waals surface area (Å²) in [7, 11) is 3.98. The number of aromatic nitrogens is 2. The highest BCUT2D eigenvalue weighted by atomic mass is 16.5. The number of aryl methyl sites for hydroxylation is 1. The van der Waals surface area contributed by atoms with Crippen molar-refractivity contribution in [2.24, 2.45) is 7.05 Å². The van der Waals surface area contributed by atoms with Crippen LogP contribution in [0.4, 0.5) is 0 Å². The largest absolute Gasteiger partial charge is 0.372 e. The van der Waals surface area contributed by atoms with Crippen LogP contribution in [0.5, 0.6) is 0 Å². The van der Waals surface area contributed by atoms with Gasteiger partial charge in [-0.2, -0.15) is 5.10 Å². The smallest absolute Gasteiger partial charge is 0.0991 e. The number of rotatable bonds is 4. The van der Waals surface area contributed by atoms with Gasteiger partial charge >= 0.3 is 0 Å². The molecule has 0 aromatic carbocycles. The Balaban J connectivity index is 2.04. The minimum atomic E-state index is 0.259. The zero-order valence-electron chi connectivity index (χ0n) is 10.2. The van der Waals surface area contributed by atoms with Gasteiger partial charge in [-0.3, -0.25) is 4.68 Å². The van der Waals surface area contributed by atoms with Crippen molar-refractivity contribution in [3.8, 4) is 0 Å². The average Bonchev–Trinajstić information content (AvgIpc) is 2.69. The molecule has 1 aliphatic rings. The van der Waals surface area contributed by atoms with Gasteiger partial charge in [-0.05, 0) is 32.4 Å². The van der Waals surface area contributed by atoms with E-state index in [2.05, 4.69) is 16.5 Å². The van der Waals surface area contributed by atoms with Gasteiger partial charge in [-0.1, -0.05) is 0 Å². The Hall–Kier alpha value is -0.870. The number of nitrogens with zero attached hydrogens (tertiary/aromatic N) is 2. The van der Waals surface area contributed by atoms with E-state index >= 15 is 0 Å². The van der Waals surface area contributed by atoms with Gasteiger partial charge < -0.3 is 10.1 Å². The molecule has 0 bridgehead atoms. The summed E-state index contributed by atoms with van der Waals surface area (Å²) in [5.74, 6) is 0. The zero-order chi connectivity index (χ0) is 11.4. The lowest BCUT2D eigenvalue weighted by atomic mass is 10.1. The van der Waals surface area contributed by atoms with E-state index in [4.69, 9.17) is 4.74 Å². The first-order chi connectivity index (χ1) is 7.81. The highest BCUT2D eigenvalue weighted by Crippen LogP contribution is 2.27. The molecular weight excluding hydrogens is 202 g/mol. The number of hydrogen-bond acceptors (Lipinski definition) is 3. The van der Waals surface area contributed by atoms with Crippen molar-refractivity contribution in [3.05, 3.63) is 17.5 Å². The zero-order valence-corrected chi connectivity index (χ0v) is 10.2. The van der Waals surface area contributed by atoms with Crippen LogP contribution in [0.15, 0.2) is 6.07 Å². The van der Waals surface area contributed by atoms with Gasteiger partial charge in [0.15, 0.2) is 0 Å². The Morgan fingerprint density at radius 3 is 3.12 bits per heavy atom. The van der Waals surface area contributed by atoms with Crippen molar-refractivity contribution in [2.75, 3.05) is 20.2 Å². The summed E-state index contributed by atoms with van der Waals surface area (Å²) in [6, 6.07) is 2.19. The fourth-order valence-corrected chi connectivity index (χ4v) is 2.19. The molecular formula is C12H21N3O. The van der Waals surface area contributed by atoms with Gasteiger partial charge in [0.1, 0.15) is 0 Å². The second-order valence-corrected chi connectivity index (χ2v) is 4.39. The van der Waals surface area contributed by atoms with E-state index in [-0.39, 0.29) is 6.10 Å². The molecule has 1 unspecified atom stereocenters. The van der Waals surface area contributed by atoms with Crippen molar-refractivity contribution in [3.63, 3.8) is 0 Å². The van der Waals surface area contributed by atoms with Gasteiger partial charge in [-0.25, -0.2) is 0 Å². The maximum atomic E-state index is 5.79.